The van der Waals surface area contributed by atoms with Gasteiger partial charge in [-0.15, -0.1) is 0 Å². The summed E-state index contributed by atoms with van der Waals surface area (Å²) in [7, 11) is 1.50. The van der Waals surface area contributed by atoms with E-state index in [1.807, 2.05) is 30.3 Å². The van der Waals surface area contributed by atoms with Crippen molar-refractivity contribution in [1.29, 1.82) is 0 Å². The lowest BCUT2D eigenvalue weighted by Gasteiger charge is -2.53. The van der Waals surface area contributed by atoms with E-state index in [0.29, 0.717) is 12.1 Å². The number of anilines is 1. The molecule has 7 heteroatoms. The van der Waals surface area contributed by atoms with E-state index in [4.69, 9.17) is 4.98 Å². The Bertz CT molecular complexity index is 1510. The minimum absolute atomic E-state index is 0.0551. The Balaban J connectivity index is 0.00000158. The maximum atomic E-state index is 13.7. The van der Waals surface area contributed by atoms with Gasteiger partial charge in [0.15, 0.2) is 6.29 Å². The quantitative estimate of drug-likeness (QED) is 0.308. The van der Waals surface area contributed by atoms with Gasteiger partial charge in [-0.3, -0.25) is 9.59 Å². The van der Waals surface area contributed by atoms with E-state index in [1.54, 1.807) is 6.20 Å². The van der Waals surface area contributed by atoms with Crippen LogP contribution in [0.15, 0.2) is 54.7 Å². The molecule has 7 nitrogen and oxygen atoms in total. The second-order valence-electron chi connectivity index (χ2n) is 12.1. The number of amides is 1. The lowest BCUT2D eigenvalue weighted by molar-refractivity contribution is 0.0605. The number of aldehydes is 1. The first kappa shape index (κ1) is 27.8. The molecule has 2 aliphatic heterocycles. The molecule has 6 rings (SSSR count). The van der Waals surface area contributed by atoms with E-state index >= 15 is 0 Å². The Hall–Kier alpha value is -3.71. The molecule has 0 saturated carbocycles. The number of hydrogen-bond acceptors (Lipinski definition) is 5. The van der Waals surface area contributed by atoms with E-state index in [0.717, 1.165) is 84.7 Å². The third-order valence-electron chi connectivity index (χ3n) is 8.61. The molecule has 2 saturated heterocycles. The zero-order valence-corrected chi connectivity index (χ0v) is 24.2. The summed E-state index contributed by atoms with van der Waals surface area (Å²) < 4.78 is 0. The van der Waals surface area contributed by atoms with Gasteiger partial charge in [-0.2, -0.15) is 0 Å². The summed E-state index contributed by atoms with van der Waals surface area (Å²) in [5, 5.41) is 2.09. The number of benzene rings is 2. The fourth-order valence-corrected chi connectivity index (χ4v) is 6.58. The minimum atomic E-state index is -0.168. The smallest absolute Gasteiger partial charge is 0.253 e. The number of nitrogens with one attached hydrogen (secondary N) is 1. The normalized spacial score (nSPS) is 19.5. The molecule has 2 aromatic carbocycles. The number of hydrogen-bond donors (Lipinski definition) is 2. The molecule has 2 aromatic heterocycles. The van der Waals surface area contributed by atoms with Crippen LogP contribution in [0, 0.1) is 0 Å². The Labute approximate surface area is 236 Å². The first-order valence-corrected chi connectivity index (χ1v) is 14.4. The molecule has 4 aromatic rings. The summed E-state index contributed by atoms with van der Waals surface area (Å²) in [4.78, 5) is 38.5. The van der Waals surface area contributed by atoms with Gasteiger partial charge in [-0.1, -0.05) is 51.1 Å². The van der Waals surface area contributed by atoms with Gasteiger partial charge < -0.3 is 20.5 Å². The Kier molecular flexibility index (Phi) is 7.69. The molecule has 2 aliphatic rings. The van der Waals surface area contributed by atoms with Crippen molar-refractivity contribution in [3.63, 3.8) is 0 Å². The second-order valence-corrected chi connectivity index (χ2v) is 12.1. The van der Waals surface area contributed by atoms with Crippen molar-refractivity contribution in [3.8, 4) is 0 Å². The summed E-state index contributed by atoms with van der Waals surface area (Å²) in [6.45, 7) is 8.93. The highest BCUT2D eigenvalue weighted by Gasteiger charge is 2.44. The number of fused-ring (bicyclic) bond motifs is 3. The van der Waals surface area contributed by atoms with Crippen LogP contribution in [0.25, 0.3) is 21.8 Å². The fraction of sp³-hybridized carbons (Fsp3) is 0.424. The van der Waals surface area contributed by atoms with Gasteiger partial charge in [0.25, 0.3) is 5.91 Å². The molecule has 1 amide bonds. The summed E-state index contributed by atoms with van der Waals surface area (Å²) >= 11 is 0. The van der Waals surface area contributed by atoms with Crippen LogP contribution in [0.5, 0.6) is 0 Å². The largest absolute Gasteiger partial charge is 0.354 e. The minimum Gasteiger partial charge on any atom is -0.354 e. The van der Waals surface area contributed by atoms with Gasteiger partial charge in [0.1, 0.15) is 5.82 Å². The van der Waals surface area contributed by atoms with Crippen LogP contribution in [-0.2, 0) is 5.41 Å². The van der Waals surface area contributed by atoms with Gasteiger partial charge >= 0.3 is 0 Å². The van der Waals surface area contributed by atoms with Crippen LogP contribution in [0.1, 0.15) is 79.2 Å². The monoisotopic (exact) mass is 539 g/mol. The molecule has 4 heterocycles. The molecule has 40 heavy (non-hydrogen) atoms. The van der Waals surface area contributed by atoms with Gasteiger partial charge in [0.2, 0.25) is 0 Å². The predicted molar refractivity (Wildman–Crippen MR) is 163 cm³/mol. The highest BCUT2D eigenvalue weighted by molar-refractivity contribution is 6.16. The number of likely N-dealkylation sites (tertiary alicyclic amines) is 1. The van der Waals surface area contributed by atoms with Crippen molar-refractivity contribution in [2.24, 2.45) is 5.73 Å². The lowest BCUT2D eigenvalue weighted by atomic mass is 9.79. The zero-order chi connectivity index (χ0) is 28.5. The second kappa shape index (κ2) is 11.0. The number of H-pyrrole nitrogens is 1. The van der Waals surface area contributed by atoms with E-state index in [-0.39, 0.29) is 16.9 Å². The first-order valence-electron chi connectivity index (χ1n) is 14.4. The van der Waals surface area contributed by atoms with E-state index in [1.165, 1.54) is 12.6 Å². The highest BCUT2D eigenvalue weighted by Crippen LogP contribution is 2.43. The number of nitrogens with zero attached hydrogens (tertiary/aromatic N) is 3. The van der Waals surface area contributed by atoms with E-state index in [9.17, 15) is 9.59 Å². The van der Waals surface area contributed by atoms with Crippen LogP contribution in [-0.4, -0.2) is 59.3 Å². The topological polar surface area (TPSA) is 95.3 Å². The van der Waals surface area contributed by atoms with Crippen molar-refractivity contribution in [3.05, 3.63) is 71.4 Å². The number of pyridine rings is 1. The summed E-state index contributed by atoms with van der Waals surface area (Å²) in [6.07, 6.45) is 7.83. The number of carbonyl (C=O) groups excluding carboxylic acids is 2. The first-order chi connectivity index (χ1) is 19.3. The van der Waals surface area contributed by atoms with Crippen molar-refractivity contribution in [2.75, 3.05) is 31.6 Å². The third kappa shape index (κ3) is 4.87. The van der Waals surface area contributed by atoms with Gasteiger partial charge in [-0.25, -0.2) is 4.98 Å². The third-order valence-corrected chi connectivity index (χ3v) is 8.61. The molecule has 0 radical (unpaired) electrons. The average Bonchev–Trinajstić information content (AvgIpc) is 3.37. The molecule has 0 bridgehead atoms. The van der Waals surface area contributed by atoms with Gasteiger partial charge in [0, 0.05) is 42.3 Å². The number of aromatic nitrogens is 2. The lowest BCUT2D eigenvalue weighted by Crippen LogP contribution is -2.62. The van der Waals surface area contributed by atoms with Crippen molar-refractivity contribution < 1.29 is 9.59 Å². The zero-order valence-electron chi connectivity index (χ0n) is 24.2. The molecule has 0 aliphatic carbocycles. The van der Waals surface area contributed by atoms with Gasteiger partial charge in [0.05, 0.1) is 22.0 Å². The number of aromatic amines is 1. The molecular weight excluding hydrogens is 498 g/mol. The van der Waals surface area contributed by atoms with Crippen LogP contribution in [0.3, 0.4) is 0 Å². The summed E-state index contributed by atoms with van der Waals surface area (Å²) in [5.74, 6) is 1.03. The summed E-state index contributed by atoms with van der Waals surface area (Å²) in [6, 6.07) is 16.3. The molecule has 2 fully saturated rings. The average molecular weight is 540 g/mol. The Morgan fingerprint density at radius 3 is 2.45 bits per heavy atom. The van der Waals surface area contributed by atoms with Crippen LogP contribution >= 0.6 is 0 Å². The standard InChI is InChI=1S/C32H36N4O2.CH5N/c1-31(2,3)24-13-11-22(12-14-24)30(38)35-17-8-16-32(21-35)15-6-7-18-36(32)29-27-25-9-4-5-10-26(25)34-28(27)23(20-37)19-33-29;1-2/h4-5,9-14,19-20,34H,6-8,15-18,21H2,1-3H3;2H2,1H3. The van der Waals surface area contributed by atoms with Crippen LogP contribution in [0.4, 0.5) is 5.82 Å². The van der Waals surface area contributed by atoms with Gasteiger partial charge in [-0.05, 0) is 68.3 Å². The highest BCUT2D eigenvalue weighted by atomic mass is 16.2. The number of piperidine rings is 2. The van der Waals surface area contributed by atoms with E-state index < -0.39 is 0 Å². The Morgan fingerprint density at radius 1 is 1.00 bits per heavy atom. The van der Waals surface area contributed by atoms with Crippen molar-refractivity contribution >= 4 is 39.8 Å². The maximum absolute atomic E-state index is 13.7. The summed E-state index contributed by atoms with van der Waals surface area (Å²) in [5.41, 5.74) is 8.79. The molecule has 1 unspecified atom stereocenters. The molecule has 1 spiro atoms. The molecule has 3 N–H and O–H groups in total. The molecular formula is C33H41N5O2. The molecule has 210 valence electrons. The van der Waals surface area contributed by atoms with Crippen LogP contribution < -0.4 is 10.6 Å². The van der Waals surface area contributed by atoms with E-state index in [2.05, 4.69) is 59.5 Å². The fourth-order valence-electron chi connectivity index (χ4n) is 6.58. The number of nitrogens with two attached hydrogens (primary N) is 1. The number of para-hydroxylation sites is 1. The maximum Gasteiger partial charge on any atom is 0.253 e. The van der Waals surface area contributed by atoms with Crippen molar-refractivity contribution in [1.82, 2.24) is 14.9 Å². The predicted octanol–water partition coefficient (Wildman–Crippen LogP) is 6.07. The SMILES string of the molecule is CC(C)(C)c1ccc(C(=O)N2CCCC3(CCCCN3c3ncc(C=O)c4[nH]c5ccccc5c34)C2)cc1.CN. The Morgan fingerprint density at radius 2 is 1.73 bits per heavy atom. The molecule has 1 atom stereocenters. The number of rotatable bonds is 3. The van der Waals surface area contributed by atoms with Crippen molar-refractivity contribution in [2.45, 2.75) is 63.8 Å². The number of carbonyl (C=O) groups is 2. The van der Waals surface area contributed by atoms with Crippen LogP contribution in [0.2, 0.25) is 0 Å².